The van der Waals surface area contributed by atoms with Gasteiger partial charge in [-0.05, 0) is 82.5 Å². The summed E-state index contributed by atoms with van der Waals surface area (Å²) < 4.78 is 29.5. The number of hydrogen-bond donors (Lipinski definition) is 1. The van der Waals surface area contributed by atoms with E-state index in [0.717, 1.165) is 57.8 Å². The van der Waals surface area contributed by atoms with Crippen molar-refractivity contribution in [1.29, 1.82) is 0 Å². The Morgan fingerprint density at radius 2 is 2.05 bits per heavy atom. The smallest absolute Gasteiger partial charge is 0.410 e. The summed E-state index contributed by atoms with van der Waals surface area (Å²) >= 11 is 7.93. The van der Waals surface area contributed by atoms with E-state index in [0.29, 0.717) is 22.9 Å². The molecule has 5 heterocycles. The fourth-order valence-electron chi connectivity index (χ4n) is 6.06. The van der Waals surface area contributed by atoms with E-state index in [2.05, 4.69) is 39.7 Å². The third kappa shape index (κ3) is 4.98. The molecule has 2 aromatic carbocycles. The van der Waals surface area contributed by atoms with Gasteiger partial charge < -0.3 is 14.5 Å². The highest BCUT2D eigenvalue weighted by Crippen LogP contribution is 2.47. The van der Waals surface area contributed by atoms with Gasteiger partial charge >= 0.3 is 6.09 Å². The monoisotopic (exact) mass is 618 g/mol. The Balaban J connectivity index is 1.27. The molecule has 0 bridgehead atoms. The van der Waals surface area contributed by atoms with Gasteiger partial charge in [0, 0.05) is 27.4 Å². The van der Waals surface area contributed by atoms with E-state index in [1.54, 1.807) is 28.5 Å². The lowest BCUT2D eigenvalue weighted by Crippen LogP contribution is -2.36. The zero-order chi connectivity index (χ0) is 30.0. The van der Waals surface area contributed by atoms with Crippen molar-refractivity contribution in [3.8, 4) is 28.3 Å². The van der Waals surface area contributed by atoms with Gasteiger partial charge in [-0.3, -0.25) is 9.47 Å². The number of hydrogen-bond acceptors (Lipinski definition) is 5. The predicted molar refractivity (Wildman–Crippen MR) is 167 cm³/mol. The molecular weight excluding hydrogens is 587 g/mol. The third-order valence-corrected chi connectivity index (χ3v) is 9.44. The van der Waals surface area contributed by atoms with Crippen LogP contribution in [0.3, 0.4) is 0 Å². The molecule has 5 aromatic rings. The normalized spacial score (nSPS) is 18.0. The van der Waals surface area contributed by atoms with Crippen LogP contribution in [0.5, 0.6) is 5.75 Å². The number of aromatic amines is 1. The molecule has 3 aromatic heterocycles. The zero-order valence-corrected chi connectivity index (χ0v) is 26.0. The molecule has 2 aliphatic heterocycles. The molecule has 0 aliphatic carbocycles. The van der Waals surface area contributed by atoms with Crippen molar-refractivity contribution in [3.63, 3.8) is 0 Å². The van der Waals surface area contributed by atoms with Crippen LogP contribution in [0.25, 0.3) is 33.4 Å². The molecule has 10 heteroatoms. The Morgan fingerprint density at radius 1 is 1.21 bits per heavy atom. The molecule has 2 unspecified atom stereocenters. The summed E-state index contributed by atoms with van der Waals surface area (Å²) in [5.41, 5.74) is 3.29. The minimum Gasteiger partial charge on any atom is -0.464 e. The van der Waals surface area contributed by atoms with Crippen LogP contribution in [0.15, 0.2) is 54.7 Å². The van der Waals surface area contributed by atoms with Crippen molar-refractivity contribution in [2.75, 3.05) is 6.54 Å². The Labute approximate surface area is 258 Å². The second-order valence-electron chi connectivity index (χ2n) is 12.1. The van der Waals surface area contributed by atoms with Gasteiger partial charge in [-0.25, -0.2) is 14.2 Å². The van der Waals surface area contributed by atoms with Crippen LogP contribution >= 0.6 is 22.9 Å². The van der Waals surface area contributed by atoms with Crippen LogP contribution in [-0.4, -0.2) is 37.7 Å². The van der Waals surface area contributed by atoms with Crippen molar-refractivity contribution in [2.45, 2.75) is 64.8 Å². The molecule has 1 fully saturated rings. The van der Waals surface area contributed by atoms with Crippen LogP contribution in [0, 0.1) is 5.82 Å². The van der Waals surface area contributed by atoms with Crippen molar-refractivity contribution >= 4 is 39.9 Å². The average Bonchev–Trinajstić information content (AvgIpc) is 3.75. The molecule has 1 N–H and O–H groups in total. The van der Waals surface area contributed by atoms with Crippen molar-refractivity contribution in [2.24, 2.45) is 0 Å². The Kier molecular flexibility index (Phi) is 6.78. The Morgan fingerprint density at radius 3 is 2.81 bits per heavy atom. The number of carbonyl (C=O) groups is 1. The first-order valence-electron chi connectivity index (χ1n) is 14.5. The lowest BCUT2D eigenvalue weighted by molar-refractivity contribution is 0.0218. The summed E-state index contributed by atoms with van der Waals surface area (Å²) in [5.74, 6) is 0.747. The number of aromatic nitrogens is 3. The number of ether oxygens (including phenoxy) is 2. The van der Waals surface area contributed by atoms with Gasteiger partial charge in [-0.2, -0.15) is 0 Å². The number of nitrogens with zero attached hydrogens (tertiary/aromatic N) is 3. The highest BCUT2D eigenvalue weighted by atomic mass is 35.5. The molecule has 0 spiro atoms. The lowest BCUT2D eigenvalue weighted by Gasteiger charge is -2.29. The molecule has 7 rings (SSSR count). The molecule has 43 heavy (non-hydrogen) atoms. The summed E-state index contributed by atoms with van der Waals surface area (Å²) in [7, 11) is 0. The van der Waals surface area contributed by atoms with E-state index in [4.69, 9.17) is 21.1 Å². The lowest BCUT2D eigenvalue weighted by atomic mass is 10.1. The predicted octanol–water partition coefficient (Wildman–Crippen LogP) is 9.13. The molecule has 1 saturated heterocycles. The standard InChI is InChI=1S/C33H32ClFN4O3S/c1-5-21-9-11-28(43-21)31-39-24-10-8-18(13-19(24)14-26(39)29-22(35)15-20(34)16-27(29)41-31)23-17-36-30(37-23)25-7-6-12-38(25)32(40)42-33(2,3)4/h8-11,13-17,25,31H,5-7,12H2,1-4H3,(H,36,37). The molecule has 2 atom stereocenters. The maximum atomic E-state index is 15.4. The van der Waals surface area contributed by atoms with Gasteiger partial charge in [0.2, 0.25) is 6.23 Å². The zero-order valence-electron chi connectivity index (χ0n) is 24.4. The number of carbonyl (C=O) groups excluding carboxylic acids is 1. The first-order chi connectivity index (χ1) is 20.6. The third-order valence-electron chi connectivity index (χ3n) is 7.96. The molecule has 7 nitrogen and oxygen atoms in total. The molecule has 2 aliphatic rings. The number of halogens is 2. The number of benzene rings is 2. The summed E-state index contributed by atoms with van der Waals surface area (Å²) in [4.78, 5) is 25.0. The largest absolute Gasteiger partial charge is 0.464 e. The number of fused-ring (bicyclic) bond motifs is 5. The summed E-state index contributed by atoms with van der Waals surface area (Å²) in [6.07, 6.45) is 3.66. The van der Waals surface area contributed by atoms with Crippen LogP contribution < -0.4 is 4.74 Å². The van der Waals surface area contributed by atoms with Gasteiger partial charge in [0.05, 0.1) is 39.6 Å². The van der Waals surface area contributed by atoms with Crippen LogP contribution in [0.1, 0.15) is 68.4 Å². The summed E-state index contributed by atoms with van der Waals surface area (Å²) in [5, 5.41) is 1.24. The molecule has 0 radical (unpaired) electrons. The fourth-order valence-corrected chi connectivity index (χ4v) is 7.23. The molecule has 1 amide bonds. The number of aryl methyl sites for hydroxylation is 1. The van der Waals surface area contributed by atoms with Gasteiger partial charge in [-0.15, -0.1) is 11.3 Å². The van der Waals surface area contributed by atoms with E-state index in [1.807, 2.05) is 39.0 Å². The van der Waals surface area contributed by atoms with E-state index in [-0.39, 0.29) is 12.1 Å². The first kappa shape index (κ1) is 28.0. The highest BCUT2D eigenvalue weighted by Gasteiger charge is 2.35. The van der Waals surface area contributed by atoms with Gasteiger partial charge in [0.1, 0.15) is 23.0 Å². The fraction of sp³-hybridized carbons (Fsp3) is 0.333. The van der Waals surface area contributed by atoms with Crippen molar-refractivity contribution in [1.82, 2.24) is 19.4 Å². The minimum absolute atomic E-state index is 0.169. The van der Waals surface area contributed by atoms with E-state index in [1.165, 1.54) is 10.9 Å². The highest BCUT2D eigenvalue weighted by molar-refractivity contribution is 7.12. The van der Waals surface area contributed by atoms with Gasteiger partial charge in [-0.1, -0.05) is 24.6 Å². The summed E-state index contributed by atoms with van der Waals surface area (Å²) in [6.45, 7) is 8.37. The van der Waals surface area contributed by atoms with E-state index >= 15 is 4.39 Å². The van der Waals surface area contributed by atoms with Crippen LogP contribution in [0.4, 0.5) is 9.18 Å². The van der Waals surface area contributed by atoms with Crippen molar-refractivity contribution < 1.29 is 18.7 Å². The second kappa shape index (κ2) is 10.4. The number of nitrogens with one attached hydrogen (secondary N) is 1. The second-order valence-corrected chi connectivity index (χ2v) is 13.7. The number of imidazole rings is 1. The van der Waals surface area contributed by atoms with E-state index < -0.39 is 17.6 Å². The number of amides is 1. The summed E-state index contributed by atoms with van der Waals surface area (Å²) in [6, 6.07) is 15.2. The van der Waals surface area contributed by atoms with Gasteiger partial charge in [0.15, 0.2) is 0 Å². The Hall–Kier alpha value is -3.82. The first-order valence-corrected chi connectivity index (χ1v) is 15.7. The SMILES string of the molecule is CCc1ccc(C2Oc3cc(Cl)cc(F)c3-c3cc4cc(-c5cnc(C6CCCN6C(=O)OC(C)(C)C)[nH]5)ccc4n32)s1. The quantitative estimate of drug-likeness (QED) is 0.218. The maximum Gasteiger partial charge on any atom is 0.410 e. The van der Waals surface area contributed by atoms with Crippen molar-refractivity contribution in [3.05, 3.63) is 81.1 Å². The van der Waals surface area contributed by atoms with Gasteiger partial charge in [0.25, 0.3) is 0 Å². The van der Waals surface area contributed by atoms with Crippen LogP contribution in [0.2, 0.25) is 5.02 Å². The molecule has 222 valence electrons. The van der Waals surface area contributed by atoms with Crippen LogP contribution in [-0.2, 0) is 11.2 Å². The minimum atomic E-state index is -0.563. The molecular formula is C33H32ClFN4O3S. The number of H-pyrrole nitrogens is 1. The topological polar surface area (TPSA) is 72.4 Å². The molecule has 0 saturated carbocycles. The maximum absolute atomic E-state index is 15.4. The van der Waals surface area contributed by atoms with E-state index in [9.17, 15) is 4.79 Å². The number of rotatable bonds is 4. The Bertz CT molecular complexity index is 1870. The average molecular weight is 619 g/mol. The number of likely N-dealkylation sites (tertiary alicyclic amines) is 1. The number of thiophene rings is 1.